The summed E-state index contributed by atoms with van der Waals surface area (Å²) in [7, 11) is 0. The van der Waals surface area contributed by atoms with E-state index in [4.69, 9.17) is 16.3 Å². The highest BCUT2D eigenvalue weighted by Crippen LogP contribution is 2.36. The average Bonchev–Trinajstić information content (AvgIpc) is 3.30. The number of nitrogens with zero attached hydrogens (tertiary/aromatic N) is 4. The van der Waals surface area contributed by atoms with Crippen molar-refractivity contribution in [3.8, 4) is 11.6 Å². The molecule has 6 nitrogen and oxygen atoms in total. The number of fused-ring (bicyclic) bond motifs is 1. The first kappa shape index (κ1) is 15.5. The molecular weight excluding hydrogens is 396 g/mol. The molecule has 4 rings (SSSR count). The number of benzene rings is 1. The Labute approximate surface area is 150 Å². The Balaban J connectivity index is 1.70. The maximum Gasteiger partial charge on any atom is 0.229 e. The van der Waals surface area contributed by atoms with E-state index in [2.05, 4.69) is 31.2 Å². The molecule has 3 aromatic rings. The highest BCUT2D eigenvalue weighted by Gasteiger charge is 2.24. The Morgan fingerprint density at radius 2 is 2.25 bits per heavy atom. The molecule has 0 radical (unpaired) electrons. The van der Waals surface area contributed by atoms with Gasteiger partial charge in [0, 0.05) is 12.7 Å². The topological polar surface area (TPSA) is 69.9 Å². The van der Waals surface area contributed by atoms with Crippen molar-refractivity contribution in [2.45, 2.75) is 19.4 Å². The Hall–Kier alpha value is -1.99. The molecular formula is C16H12BrClN4O2. The summed E-state index contributed by atoms with van der Waals surface area (Å²) in [5.74, 6) is 1.41. The third kappa shape index (κ3) is 2.89. The highest BCUT2D eigenvalue weighted by atomic mass is 79.9. The first-order valence-corrected chi connectivity index (χ1v) is 8.63. The van der Waals surface area contributed by atoms with Gasteiger partial charge in [-0.2, -0.15) is 0 Å². The molecule has 0 spiro atoms. The molecule has 0 atom stereocenters. The van der Waals surface area contributed by atoms with Gasteiger partial charge in [-0.3, -0.25) is 4.79 Å². The Kier molecular flexibility index (Phi) is 3.97. The number of aldehydes is 1. The molecule has 1 aliphatic rings. The van der Waals surface area contributed by atoms with Gasteiger partial charge < -0.3 is 4.74 Å². The molecule has 0 bridgehead atoms. The van der Waals surface area contributed by atoms with Crippen LogP contribution >= 0.6 is 27.5 Å². The smallest absolute Gasteiger partial charge is 0.229 e. The van der Waals surface area contributed by atoms with Gasteiger partial charge in [0.1, 0.15) is 11.3 Å². The number of hydrogen-bond donors (Lipinski definition) is 0. The summed E-state index contributed by atoms with van der Waals surface area (Å²) in [6.07, 6.45) is 4.59. The molecule has 24 heavy (non-hydrogen) atoms. The van der Waals surface area contributed by atoms with E-state index >= 15 is 0 Å². The van der Waals surface area contributed by atoms with Crippen molar-refractivity contribution in [3.63, 3.8) is 0 Å². The fourth-order valence-corrected chi connectivity index (χ4v) is 3.12. The number of ether oxygens (including phenoxy) is 1. The fourth-order valence-electron chi connectivity index (χ4n) is 2.46. The lowest BCUT2D eigenvalue weighted by molar-refractivity contribution is 0.112. The number of carbonyl (C=O) groups excluding carboxylic acids is 1. The van der Waals surface area contributed by atoms with Crippen LogP contribution in [0.4, 0.5) is 0 Å². The van der Waals surface area contributed by atoms with Gasteiger partial charge in [0.2, 0.25) is 5.88 Å². The van der Waals surface area contributed by atoms with Gasteiger partial charge in [0.25, 0.3) is 0 Å². The van der Waals surface area contributed by atoms with Crippen LogP contribution in [0.5, 0.6) is 11.6 Å². The van der Waals surface area contributed by atoms with Crippen molar-refractivity contribution in [2.24, 2.45) is 5.92 Å². The van der Waals surface area contributed by atoms with E-state index in [-0.39, 0.29) is 11.4 Å². The molecule has 0 saturated heterocycles. The molecule has 0 aliphatic heterocycles. The molecule has 1 saturated carbocycles. The molecule has 1 aliphatic carbocycles. The van der Waals surface area contributed by atoms with Crippen LogP contribution in [0.25, 0.3) is 11.0 Å². The minimum atomic E-state index is 0.194. The van der Waals surface area contributed by atoms with E-state index in [1.165, 1.54) is 25.1 Å². The number of halogens is 2. The monoisotopic (exact) mass is 406 g/mol. The quantitative estimate of drug-likeness (QED) is 0.591. The van der Waals surface area contributed by atoms with Crippen molar-refractivity contribution >= 4 is 44.9 Å². The molecule has 2 heterocycles. The molecule has 2 aromatic heterocycles. The van der Waals surface area contributed by atoms with Gasteiger partial charge >= 0.3 is 0 Å². The summed E-state index contributed by atoms with van der Waals surface area (Å²) in [6, 6.07) is 5.23. The largest absolute Gasteiger partial charge is 0.437 e. The molecule has 0 unspecified atom stereocenters. The fraction of sp³-hybridized carbons (Fsp3) is 0.250. The lowest BCUT2D eigenvalue weighted by atomic mass is 10.2. The predicted molar refractivity (Wildman–Crippen MR) is 92.7 cm³/mol. The van der Waals surface area contributed by atoms with Gasteiger partial charge in [-0.25, -0.2) is 9.67 Å². The summed E-state index contributed by atoms with van der Waals surface area (Å²) in [5, 5.41) is 8.83. The van der Waals surface area contributed by atoms with E-state index in [1.807, 2.05) is 16.8 Å². The van der Waals surface area contributed by atoms with E-state index in [1.54, 1.807) is 0 Å². The second-order valence-electron chi connectivity index (χ2n) is 5.73. The van der Waals surface area contributed by atoms with Crippen LogP contribution in [0, 0.1) is 5.92 Å². The molecule has 0 amide bonds. The zero-order valence-electron chi connectivity index (χ0n) is 12.4. The van der Waals surface area contributed by atoms with Crippen molar-refractivity contribution in [1.29, 1.82) is 0 Å². The second-order valence-corrected chi connectivity index (χ2v) is 6.96. The minimum absolute atomic E-state index is 0.194. The van der Waals surface area contributed by atoms with Gasteiger partial charge in [-0.15, -0.1) is 5.10 Å². The Morgan fingerprint density at radius 3 is 3.00 bits per heavy atom. The molecule has 8 heteroatoms. The maximum absolute atomic E-state index is 11.2. The van der Waals surface area contributed by atoms with Crippen LogP contribution in [0.3, 0.4) is 0 Å². The summed E-state index contributed by atoms with van der Waals surface area (Å²) >= 11 is 9.36. The number of aromatic nitrogens is 4. The molecule has 1 fully saturated rings. The van der Waals surface area contributed by atoms with E-state index in [0.717, 1.165) is 17.6 Å². The van der Waals surface area contributed by atoms with E-state index in [9.17, 15) is 4.79 Å². The zero-order valence-corrected chi connectivity index (χ0v) is 14.8. The second kappa shape index (κ2) is 6.14. The number of carbonyl (C=O) groups is 1. The lowest BCUT2D eigenvalue weighted by Crippen LogP contribution is -2.01. The molecule has 0 N–H and O–H groups in total. The van der Waals surface area contributed by atoms with Gasteiger partial charge in [0.05, 0.1) is 20.6 Å². The van der Waals surface area contributed by atoms with E-state index in [0.29, 0.717) is 27.4 Å². The van der Waals surface area contributed by atoms with Gasteiger partial charge in [-0.1, -0.05) is 16.8 Å². The third-order valence-corrected chi connectivity index (χ3v) is 4.87. The molecule has 122 valence electrons. The van der Waals surface area contributed by atoms with Crippen LogP contribution < -0.4 is 4.74 Å². The van der Waals surface area contributed by atoms with E-state index < -0.39 is 0 Å². The van der Waals surface area contributed by atoms with Crippen LogP contribution in [0.1, 0.15) is 23.2 Å². The van der Waals surface area contributed by atoms with Crippen molar-refractivity contribution < 1.29 is 9.53 Å². The Morgan fingerprint density at radius 1 is 1.42 bits per heavy atom. The van der Waals surface area contributed by atoms with Crippen LogP contribution in [0.15, 0.2) is 28.9 Å². The summed E-state index contributed by atoms with van der Waals surface area (Å²) in [6.45, 7) is 0.886. The predicted octanol–water partition coefficient (Wildman–Crippen LogP) is 4.26. The number of pyridine rings is 1. The van der Waals surface area contributed by atoms with Crippen LogP contribution in [-0.4, -0.2) is 26.3 Å². The van der Waals surface area contributed by atoms with Crippen molar-refractivity contribution in [1.82, 2.24) is 20.0 Å². The number of hydrogen-bond acceptors (Lipinski definition) is 5. The first-order chi connectivity index (χ1) is 11.7. The highest BCUT2D eigenvalue weighted by molar-refractivity contribution is 9.10. The minimum Gasteiger partial charge on any atom is -0.437 e. The van der Waals surface area contributed by atoms with Gasteiger partial charge in [0.15, 0.2) is 6.29 Å². The standard InChI is InChI=1S/C16H12BrClN4O2/c17-14-13(24-16-10(8-23)5-11(18)6-19-16)4-3-12-15(14)20-21-22(12)7-9-1-2-9/h3-6,8-9H,1-2,7H2. The number of rotatable bonds is 5. The summed E-state index contributed by atoms with van der Waals surface area (Å²) in [4.78, 5) is 15.2. The van der Waals surface area contributed by atoms with Crippen molar-refractivity contribution in [3.05, 3.63) is 39.5 Å². The first-order valence-electron chi connectivity index (χ1n) is 7.46. The third-order valence-electron chi connectivity index (χ3n) is 3.90. The lowest BCUT2D eigenvalue weighted by Gasteiger charge is -2.09. The maximum atomic E-state index is 11.2. The molecule has 1 aromatic carbocycles. The average molecular weight is 408 g/mol. The zero-order chi connectivity index (χ0) is 16.7. The van der Waals surface area contributed by atoms with Crippen LogP contribution in [0.2, 0.25) is 5.02 Å². The normalized spacial score (nSPS) is 14.1. The van der Waals surface area contributed by atoms with Gasteiger partial charge in [-0.05, 0) is 52.9 Å². The summed E-state index contributed by atoms with van der Waals surface area (Å²) < 4.78 is 8.36. The summed E-state index contributed by atoms with van der Waals surface area (Å²) in [5.41, 5.74) is 1.95. The SMILES string of the molecule is O=Cc1cc(Cl)cnc1Oc1ccc2c(nnn2CC2CC2)c1Br. The van der Waals surface area contributed by atoms with Crippen molar-refractivity contribution in [2.75, 3.05) is 0 Å². The Bertz CT molecular complexity index is 939. The van der Waals surface area contributed by atoms with Crippen LogP contribution in [-0.2, 0) is 6.54 Å².